The Morgan fingerprint density at radius 1 is 0.871 bits per heavy atom. The summed E-state index contributed by atoms with van der Waals surface area (Å²) >= 11 is 0. The Morgan fingerprint density at radius 3 is 2.10 bits per heavy atom. The molecule has 1 N–H and O–H groups in total. The highest BCUT2D eigenvalue weighted by atomic mass is 19.1. The van der Waals surface area contributed by atoms with Crippen LogP contribution in [0, 0.1) is 5.82 Å². The molecule has 0 saturated heterocycles. The molecule has 3 aromatic rings. The summed E-state index contributed by atoms with van der Waals surface area (Å²) < 4.78 is 13.3. The number of fused-ring (bicyclic) bond motifs is 1. The molecule has 5 rings (SSSR count). The van der Waals surface area contributed by atoms with Gasteiger partial charge in [-0.2, -0.15) is 0 Å². The number of rotatable bonds is 4. The van der Waals surface area contributed by atoms with Crippen LogP contribution in [0.3, 0.4) is 0 Å². The number of hydrogen-bond donors (Lipinski definition) is 1. The van der Waals surface area contributed by atoms with Crippen LogP contribution in [-0.4, -0.2) is 17.7 Å². The van der Waals surface area contributed by atoms with Crippen LogP contribution in [-0.2, 0) is 10.2 Å². The average Bonchev–Trinajstić information content (AvgIpc) is 2.99. The van der Waals surface area contributed by atoms with Gasteiger partial charge in [-0.25, -0.2) is 9.29 Å². The van der Waals surface area contributed by atoms with E-state index < -0.39 is 5.41 Å². The molecule has 0 unspecified atom stereocenters. The zero-order valence-electron chi connectivity index (χ0n) is 16.6. The highest BCUT2D eigenvalue weighted by Gasteiger charge is 2.45. The van der Waals surface area contributed by atoms with Crippen molar-refractivity contribution in [1.82, 2.24) is 0 Å². The summed E-state index contributed by atoms with van der Waals surface area (Å²) in [4.78, 5) is 39.8. The van der Waals surface area contributed by atoms with E-state index in [1.165, 1.54) is 12.1 Å². The van der Waals surface area contributed by atoms with Gasteiger partial charge >= 0.3 is 0 Å². The lowest BCUT2D eigenvalue weighted by molar-refractivity contribution is -0.124. The Kier molecular flexibility index (Phi) is 4.43. The second-order valence-electron chi connectivity index (χ2n) is 7.94. The predicted octanol–water partition coefficient (Wildman–Crippen LogP) is 4.69. The van der Waals surface area contributed by atoms with Gasteiger partial charge in [-0.05, 0) is 60.9 Å². The van der Waals surface area contributed by atoms with Gasteiger partial charge in [0.05, 0.1) is 22.2 Å². The third-order valence-corrected chi connectivity index (χ3v) is 6.19. The Labute approximate surface area is 178 Å². The van der Waals surface area contributed by atoms with Gasteiger partial charge in [0, 0.05) is 5.69 Å². The summed E-state index contributed by atoms with van der Waals surface area (Å²) in [7, 11) is 0. The molecular formula is C25H19FN2O3. The van der Waals surface area contributed by atoms with Crippen LogP contribution in [0.15, 0.2) is 72.8 Å². The fraction of sp³-hybridized carbons (Fsp3) is 0.160. The van der Waals surface area contributed by atoms with Crippen LogP contribution >= 0.6 is 0 Å². The van der Waals surface area contributed by atoms with E-state index in [4.69, 9.17) is 0 Å². The number of carbonyl (C=O) groups is 3. The summed E-state index contributed by atoms with van der Waals surface area (Å²) in [6.45, 7) is 0. The lowest BCUT2D eigenvalue weighted by atomic mass is 9.64. The van der Waals surface area contributed by atoms with Crippen molar-refractivity contribution >= 4 is 29.1 Å². The quantitative estimate of drug-likeness (QED) is 0.630. The molecule has 31 heavy (non-hydrogen) atoms. The molecule has 3 aromatic carbocycles. The van der Waals surface area contributed by atoms with Gasteiger partial charge in [-0.15, -0.1) is 0 Å². The lowest BCUT2D eigenvalue weighted by Crippen LogP contribution is -2.46. The van der Waals surface area contributed by atoms with Crippen molar-refractivity contribution in [3.8, 4) is 0 Å². The molecule has 0 radical (unpaired) electrons. The first-order valence-electron chi connectivity index (χ1n) is 10.1. The first-order chi connectivity index (χ1) is 15.0. The van der Waals surface area contributed by atoms with Crippen molar-refractivity contribution in [1.29, 1.82) is 0 Å². The number of nitrogens with one attached hydrogen (secondary N) is 1. The first kappa shape index (κ1) is 19.2. The topological polar surface area (TPSA) is 66.5 Å². The molecule has 6 heteroatoms. The van der Waals surface area contributed by atoms with E-state index in [1.54, 1.807) is 60.7 Å². The van der Waals surface area contributed by atoms with Gasteiger partial charge in [-0.3, -0.25) is 14.4 Å². The zero-order valence-corrected chi connectivity index (χ0v) is 16.6. The van der Waals surface area contributed by atoms with Gasteiger partial charge < -0.3 is 5.32 Å². The fourth-order valence-electron chi connectivity index (χ4n) is 4.34. The number of imide groups is 1. The second-order valence-corrected chi connectivity index (χ2v) is 7.94. The van der Waals surface area contributed by atoms with Crippen molar-refractivity contribution in [3.63, 3.8) is 0 Å². The maximum atomic E-state index is 13.3. The molecule has 2 aliphatic rings. The van der Waals surface area contributed by atoms with Gasteiger partial charge in [0.1, 0.15) is 5.82 Å². The summed E-state index contributed by atoms with van der Waals surface area (Å²) in [6, 6.07) is 19.4. The molecule has 0 bridgehead atoms. The Bertz CT molecular complexity index is 1180. The molecule has 0 spiro atoms. The number of hydrogen-bond acceptors (Lipinski definition) is 3. The molecule has 1 aliphatic carbocycles. The standard InChI is InChI=1S/C25H19FN2O3/c26-17-11-9-16(10-12-17)25(13-4-14-25)24(31)27-18-5-3-6-19(15-18)28-22(29)20-7-1-2-8-21(20)23(28)30/h1-3,5-12,15H,4,13-14H2,(H,27,31). The molecule has 0 atom stereocenters. The highest BCUT2D eigenvalue weighted by molar-refractivity contribution is 6.34. The SMILES string of the molecule is O=C1c2ccccc2C(=O)N1c1cccc(NC(=O)C2(c3ccc(F)cc3)CCC2)c1. The third-order valence-electron chi connectivity index (χ3n) is 6.19. The van der Waals surface area contributed by atoms with Crippen molar-refractivity contribution in [2.45, 2.75) is 24.7 Å². The minimum Gasteiger partial charge on any atom is -0.325 e. The molecule has 3 amide bonds. The first-order valence-corrected chi connectivity index (χ1v) is 10.1. The summed E-state index contributed by atoms with van der Waals surface area (Å²) in [5.41, 5.74) is 1.72. The number of anilines is 2. The number of carbonyl (C=O) groups excluding carboxylic acids is 3. The van der Waals surface area contributed by atoms with E-state index in [-0.39, 0.29) is 23.5 Å². The number of halogens is 1. The third kappa shape index (κ3) is 3.03. The van der Waals surface area contributed by atoms with Crippen LogP contribution in [0.25, 0.3) is 0 Å². The molecular weight excluding hydrogens is 395 g/mol. The van der Waals surface area contributed by atoms with E-state index in [2.05, 4.69) is 5.32 Å². The van der Waals surface area contributed by atoms with E-state index in [0.29, 0.717) is 35.3 Å². The van der Waals surface area contributed by atoms with Crippen LogP contribution in [0.1, 0.15) is 45.5 Å². The Morgan fingerprint density at radius 2 is 1.52 bits per heavy atom. The van der Waals surface area contributed by atoms with Crippen molar-refractivity contribution < 1.29 is 18.8 Å². The number of benzene rings is 3. The van der Waals surface area contributed by atoms with Crippen LogP contribution in [0.5, 0.6) is 0 Å². The lowest BCUT2D eigenvalue weighted by Gasteiger charge is -2.40. The zero-order chi connectivity index (χ0) is 21.6. The molecule has 5 nitrogen and oxygen atoms in total. The van der Waals surface area contributed by atoms with Crippen molar-refractivity contribution in [3.05, 3.63) is 95.3 Å². The predicted molar refractivity (Wildman–Crippen MR) is 115 cm³/mol. The van der Waals surface area contributed by atoms with Gasteiger partial charge in [0.15, 0.2) is 0 Å². The molecule has 1 heterocycles. The highest BCUT2D eigenvalue weighted by Crippen LogP contribution is 2.44. The molecule has 1 aliphatic heterocycles. The normalized spacial score (nSPS) is 16.6. The van der Waals surface area contributed by atoms with E-state index in [9.17, 15) is 18.8 Å². The van der Waals surface area contributed by atoms with Crippen molar-refractivity contribution in [2.24, 2.45) is 0 Å². The van der Waals surface area contributed by atoms with E-state index in [1.807, 2.05) is 0 Å². The molecule has 0 aromatic heterocycles. The minimum atomic E-state index is -0.695. The number of amides is 3. The van der Waals surface area contributed by atoms with Crippen molar-refractivity contribution in [2.75, 3.05) is 10.2 Å². The minimum absolute atomic E-state index is 0.176. The largest absolute Gasteiger partial charge is 0.325 e. The van der Waals surface area contributed by atoms with E-state index in [0.717, 1.165) is 16.9 Å². The summed E-state index contributed by atoms with van der Waals surface area (Å²) in [6.07, 6.45) is 2.28. The van der Waals surface area contributed by atoms with Crippen LogP contribution in [0.2, 0.25) is 0 Å². The Balaban J connectivity index is 1.41. The molecule has 1 fully saturated rings. The molecule has 1 saturated carbocycles. The van der Waals surface area contributed by atoms with Gasteiger partial charge in [-0.1, -0.05) is 36.8 Å². The van der Waals surface area contributed by atoms with Gasteiger partial charge in [0.25, 0.3) is 11.8 Å². The Hall–Kier alpha value is -3.80. The monoisotopic (exact) mass is 414 g/mol. The average molecular weight is 414 g/mol. The second kappa shape index (κ2) is 7.16. The maximum Gasteiger partial charge on any atom is 0.266 e. The smallest absolute Gasteiger partial charge is 0.266 e. The van der Waals surface area contributed by atoms with E-state index >= 15 is 0 Å². The fourth-order valence-corrected chi connectivity index (χ4v) is 4.34. The summed E-state index contributed by atoms with van der Waals surface area (Å²) in [5.74, 6) is -1.28. The van der Waals surface area contributed by atoms with Crippen LogP contribution < -0.4 is 10.2 Å². The summed E-state index contributed by atoms with van der Waals surface area (Å²) in [5, 5.41) is 2.93. The van der Waals surface area contributed by atoms with Crippen LogP contribution in [0.4, 0.5) is 15.8 Å². The molecule has 154 valence electrons. The number of nitrogens with zero attached hydrogens (tertiary/aromatic N) is 1. The van der Waals surface area contributed by atoms with Gasteiger partial charge in [0.2, 0.25) is 5.91 Å². The maximum absolute atomic E-state index is 13.3.